The summed E-state index contributed by atoms with van der Waals surface area (Å²) in [5.74, 6) is 0. The van der Waals surface area contributed by atoms with Crippen LogP contribution in [0.4, 0.5) is 0 Å². The summed E-state index contributed by atoms with van der Waals surface area (Å²) in [7, 11) is 0. The maximum atomic E-state index is 9.90. The molecule has 5 atom stereocenters. The second kappa shape index (κ2) is 17.9. The lowest BCUT2D eigenvalue weighted by molar-refractivity contribution is -0.339. The van der Waals surface area contributed by atoms with E-state index in [0.717, 1.165) is 22.3 Å². The molecule has 2 unspecified atom stereocenters. The SMILES string of the molecule is OCC(CO)O[C@H]1OC(COCc2ccccc2)[C@H](OCc2ccccc2)[C@H](OCc2ccccc2)C1OCc1ccccc1. The Bertz CT molecular complexity index is 1340. The van der Waals surface area contributed by atoms with Gasteiger partial charge in [-0.15, -0.1) is 0 Å². The van der Waals surface area contributed by atoms with E-state index in [4.69, 9.17) is 28.4 Å². The highest BCUT2D eigenvalue weighted by atomic mass is 16.7. The molecule has 0 saturated carbocycles. The maximum Gasteiger partial charge on any atom is 0.187 e. The minimum absolute atomic E-state index is 0.188. The topological polar surface area (TPSA) is 95.8 Å². The average Bonchev–Trinajstić information content (AvgIpc) is 3.10. The fraction of sp³-hybridized carbons (Fsp3) is 0.351. The predicted octanol–water partition coefficient (Wildman–Crippen LogP) is 5.05. The van der Waals surface area contributed by atoms with Gasteiger partial charge in [0.2, 0.25) is 0 Å². The second-order valence-corrected chi connectivity index (χ2v) is 11.0. The van der Waals surface area contributed by atoms with Crippen LogP contribution < -0.4 is 0 Å². The summed E-state index contributed by atoms with van der Waals surface area (Å²) in [6.07, 6.45) is -4.49. The van der Waals surface area contributed by atoms with E-state index in [1.54, 1.807) is 0 Å². The van der Waals surface area contributed by atoms with Crippen LogP contribution in [0.3, 0.4) is 0 Å². The third-order valence-corrected chi connectivity index (χ3v) is 7.57. The molecule has 2 N–H and O–H groups in total. The van der Waals surface area contributed by atoms with Crippen molar-refractivity contribution in [3.8, 4) is 0 Å². The standard InChI is InChI=1S/C37H42O8/c38-21-32(22-39)44-37-36(43-26-31-19-11-4-12-20-31)35(42-25-30-17-9-3-10-18-30)34(41-24-29-15-7-2-8-16-29)33(45-37)27-40-23-28-13-5-1-6-14-28/h1-20,32-39H,21-27H2/t33?,34-,35-,36?,37-/m0/s1. The molecule has 4 aromatic rings. The predicted molar refractivity (Wildman–Crippen MR) is 169 cm³/mol. The van der Waals surface area contributed by atoms with Crippen molar-refractivity contribution >= 4 is 0 Å². The number of rotatable bonds is 17. The highest BCUT2D eigenvalue weighted by Crippen LogP contribution is 2.32. The van der Waals surface area contributed by atoms with Crippen molar-refractivity contribution in [2.75, 3.05) is 19.8 Å². The van der Waals surface area contributed by atoms with Gasteiger partial charge in [-0.3, -0.25) is 0 Å². The van der Waals surface area contributed by atoms with Gasteiger partial charge in [0.1, 0.15) is 30.5 Å². The van der Waals surface area contributed by atoms with E-state index in [2.05, 4.69) is 0 Å². The molecule has 1 aliphatic rings. The van der Waals surface area contributed by atoms with Crippen molar-refractivity contribution in [1.82, 2.24) is 0 Å². The first-order valence-electron chi connectivity index (χ1n) is 15.3. The Morgan fingerprint density at radius 3 is 1.36 bits per heavy atom. The fourth-order valence-electron chi connectivity index (χ4n) is 5.19. The molecule has 4 aromatic carbocycles. The first-order chi connectivity index (χ1) is 22.2. The van der Waals surface area contributed by atoms with Crippen LogP contribution in [0.25, 0.3) is 0 Å². The van der Waals surface area contributed by atoms with Crippen molar-refractivity contribution in [2.24, 2.45) is 0 Å². The number of ether oxygens (including phenoxy) is 6. The lowest BCUT2D eigenvalue weighted by atomic mass is 9.97. The van der Waals surface area contributed by atoms with Crippen molar-refractivity contribution < 1.29 is 38.6 Å². The molecule has 0 bridgehead atoms. The van der Waals surface area contributed by atoms with Gasteiger partial charge in [0, 0.05) is 0 Å². The first kappa shape index (κ1) is 32.9. The third-order valence-electron chi connectivity index (χ3n) is 7.57. The van der Waals surface area contributed by atoms with E-state index in [1.165, 1.54) is 0 Å². The van der Waals surface area contributed by atoms with E-state index >= 15 is 0 Å². The van der Waals surface area contributed by atoms with E-state index in [9.17, 15) is 10.2 Å². The smallest absolute Gasteiger partial charge is 0.187 e. The molecule has 1 aliphatic heterocycles. The van der Waals surface area contributed by atoms with E-state index in [0.29, 0.717) is 19.8 Å². The lowest BCUT2D eigenvalue weighted by Gasteiger charge is -2.46. The largest absolute Gasteiger partial charge is 0.394 e. The summed E-state index contributed by atoms with van der Waals surface area (Å²) in [5, 5.41) is 19.8. The monoisotopic (exact) mass is 614 g/mol. The van der Waals surface area contributed by atoms with Gasteiger partial charge < -0.3 is 38.6 Å². The number of benzene rings is 4. The molecule has 0 spiro atoms. The summed E-state index contributed by atoms with van der Waals surface area (Å²) in [5.41, 5.74) is 3.99. The van der Waals surface area contributed by atoms with Crippen LogP contribution in [0.2, 0.25) is 0 Å². The Hall–Kier alpha value is -3.44. The Labute approximate surface area is 265 Å². The minimum Gasteiger partial charge on any atom is -0.394 e. The van der Waals surface area contributed by atoms with Gasteiger partial charge in [-0.05, 0) is 22.3 Å². The second-order valence-electron chi connectivity index (χ2n) is 11.0. The van der Waals surface area contributed by atoms with Gasteiger partial charge >= 0.3 is 0 Å². The van der Waals surface area contributed by atoms with Crippen LogP contribution in [0.1, 0.15) is 22.3 Å². The zero-order valence-corrected chi connectivity index (χ0v) is 25.3. The molecule has 0 radical (unpaired) electrons. The van der Waals surface area contributed by atoms with E-state index < -0.39 is 36.8 Å². The Balaban J connectivity index is 1.44. The molecule has 1 fully saturated rings. The average molecular weight is 615 g/mol. The fourth-order valence-corrected chi connectivity index (χ4v) is 5.19. The lowest BCUT2D eigenvalue weighted by Crippen LogP contribution is -2.62. The molecule has 238 valence electrons. The molecule has 0 aliphatic carbocycles. The molecular weight excluding hydrogens is 572 g/mol. The summed E-state index contributed by atoms with van der Waals surface area (Å²) in [6, 6.07) is 39.5. The molecule has 8 nitrogen and oxygen atoms in total. The van der Waals surface area contributed by atoms with Crippen LogP contribution in [-0.2, 0) is 54.8 Å². The molecule has 45 heavy (non-hydrogen) atoms. The Morgan fingerprint density at radius 2 is 0.911 bits per heavy atom. The van der Waals surface area contributed by atoms with Crippen molar-refractivity contribution in [3.63, 3.8) is 0 Å². The van der Waals surface area contributed by atoms with Crippen molar-refractivity contribution in [3.05, 3.63) is 144 Å². The van der Waals surface area contributed by atoms with E-state index in [-0.39, 0.29) is 26.4 Å². The normalized spacial score (nSPS) is 21.6. The molecule has 8 heteroatoms. The molecular formula is C37H42O8. The van der Waals surface area contributed by atoms with Gasteiger partial charge in [-0.25, -0.2) is 0 Å². The molecule has 5 rings (SSSR count). The number of hydrogen-bond acceptors (Lipinski definition) is 8. The van der Waals surface area contributed by atoms with Gasteiger partial charge in [-0.1, -0.05) is 121 Å². The van der Waals surface area contributed by atoms with Crippen molar-refractivity contribution in [1.29, 1.82) is 0 Å². The highest BCUT2D eigenvalue weighted by molar-refractivity contribution is 5.16. The molecule has 0 amide bonds. The maximum absolute atomic E-state index is 9.90. The molecule has 1 saturated heterocycles. The summed E-state index contributed by atoms with van der Waals surface area (Å²) in [4.78, 5) is 0. The zero-order valence-electron chi connectivity index (χ0n) is 25.3. The quantitative estimate of drug-likeness (QED) is 0.171. The summed E-state index contributed by atoms with van der Waals surface area (Å²) in [6.45, 7) is 0.687. The van der Waals surface area contributed by atoms with Crippen LogP contribution in [0, 0.1) is 0 Å². The van der Waals surface area contributed by atoms with Gasteiger partial charge in [0.25, 0.3) is 0 Å². The third kappa shape index (κ3) is 10.0. The molecule has 0 aromatic heterocycles. The highest BCUT2D eigenvalue weighted by Gasteiger charge is 2.49. The van der Waals surface area contributed by atoms with Crippen LogP contribution in [0.5, 0.6) is 0 Å². The zero-order chi connectivity index (χ0) is 31.1. The minimum atomic E-state index is -0.985. The first-order valence-corrected chi connectivity index (χ1v) is 15.3. The van der Waals surface area contributed by atoms with Crippen molar-refractivity contribution in [2.45, 2.75) is 63.2 Å². The number of hydrogen-bond donors (Lipinski definition) is 2. The van der Waals surface area contributed by atoms with Gasteiger partial charge in [0.05, 0.1) is 46.2 Å². The van der Waals surface area contributed by atoms with Gasteiger partial charge in [-0.2, -0.15) is 0 Å². The number of aliphatic hydroxyl groups is 2. The van der Waals surface area contributed by atoms with Crippen LogP contribution >= 0.6 is 0 Å². The summed E-state index contributed by atoms with van der Waals surface area (Å²) >= 11 is 0. The van der Waals surface area contributed by atoms with Crippen LogP contribution in [-0.4, -0.2) is 66.8 Å². The Kier molecular flexibility index (Phi) is 13.1. The number of aliphatic hydroxyl groups excluding tert-OH is 2. The van der Waals surface area contributed by atoms with Gasteiger partial charge in [0.15, 0.2) is 6.29 Å². The Morgan fingerprint density at radius 1 is 0.511 bits per heavy atom. The van der Waals surface area contributed by atoms with E-state index in [1.807, 2.05) is 121 Å². The molecule has 1 heterocycles. The van der Waals surface area contributed by atoms with Crippen LogP contribution in [0.15, 0.2) is 121 Å². The summed E-state index contributed by atoms with van der Waals surface area (Å²) < 4.78 is 38.6.